The Labute approximate surface area is 112 Å². The van der Waals surface area contributed by atoms with Crippen molar-refractivity contribution in [1.29, 1.82) is 0 Å². The number of halogens is 2. The van der Waals surface area contributed by atoms with E-state index in [0.717, 1.165) is 12.1 Å². The monoisotopic (exact) mass is 273 g/mol. The molecule has 2 N–H and O–H groups in total. The Hall–Kier alpha value is -2.76. The molecule has 100 valence electrons. The zero-order chi connectivity index (χ0) is 14.1. The Bertz CT molecular complexity index is 787. The third-order valence-corrected chi connectivity index (χ3v) is 2.78. The van der Waals surface area contributed by atoms with Gasteiger partial charge in [0.05, 0.1) is 17.4 Å². The van der Waals surface area contributed by atoms with E-state index in [1.165, 1.54) is 6.20 Å². The van der Waals surface area contributed by atoms with Gasteiger partial charge < -0.3 is 10.5 Å². The molecule has 0 radical (unpaired) electrons. The number of nitrogens with two attached hydrogens (primary N) is 1. The fraction of sp³-hybridized carbons (Fsp3) is 0. The van der Waals surface area contributed by atoms with Crippen molar-refractivity contribution in [3.63, 3.8) is 0 Å². The molecule has 0 aliphatic heterocycles. The molecule has 0 aliphatic rings. The zero-order valence-electron chi connectivity index (χ0n) is 10.2. The lowest BCUT2D eigenvalue weighted by Gasteiger charge is -2.09. The summed E-state index contributed by atoms with van der Waals surface area (Å²) in [7, 11) is 0. The Morgan fingerprint density at radius 2 is 1.80 bits per heavy atom. The van der Waals surface area contributed by atoms with Crippen molar-refractivity contribution in [1.82, 2.24) is 10.2 Å². The van der Waals surface area contributed by atoms with Crippen LogP contribution >= 0.6 is 0 Å². The van der Waals surface area contributed by atoms with E-state index in [2.05, 4.69) is 10.2 Å². The van der Waals surface area contributed by atoms with E-state index in [0.29, 0.717) is 16.7 Å². The van der Waals surface area contributed by atoms with Gasteiger partial charge in [-0.15, -0.1) is 0 Å². The number of aromatic nitrogens is 2. The maximum atomic E-state index is 13.7. The first-order chi connectivity index (χ1) is 9.65. The number of anilines is 1. The van der Waals surface area contributed by atoms with Crippen molar-refractivity contribution in [3.05, 3.63) is 54.2 Å². The second-order valence-corrected chi connectivity index (χ2v) is 4.13. The van der Waals surface area contributed by atoms with Gasteiger partial charge in [0.1, 0.15) is 5.82 Å². The molecule has 20 heavy (non-hydrogen) atoms. The summed E-state index contributed by atoms with van der Waals surface area (Å²) in [6.45, 7) is 0. The van der Waals surface area contributed by atoms with Gasteiger partial charge >= 0.3 is 0 Å². The third kappa shape index (κ3) is 2.11. The first-order valence-electron chi connectivity index (χ1n) is 5.78. The smallest absolute Gasteiger partial charge is 0.167 e. The van der Waals surface area contributed by atoms with Gasteiger partial charge in [-0.3, -0.25) is 0 Å². The van der Waals surface area contributed by atoms with Gasteiger partial charge in [0, 0.05) is 17.5 Å². The summed E-state index contributed by atoms with van der Waals surface area (Å²) in [6.07, 6.45) is 1.34. The van der Waals surface area contributed by atoms with E-state index in [9.17, 15) is 8.78 Å². The second-order valence-electron chi connectivity index (χ2n) is 4.13. The molecule has 0 bridgehead atoms. The molecule has 3 aromatic rings. The van der Waals surface area contributed by atoms with Crippen molar-refractivity contribution in [2.75, 3.05) is 5.73 Å². The average Bonchev–Trinajstić information content (AvgIpc) is 2.45. The first-order valence-corrected chi connectivity index (χ1v) is 5.78. The van der Waals surface area contributed by atoms with Crippen LogP contribution in [0, 0.1) is 11.6 Å². The van der Waals surface area contributed by atoms with Crippen molar-refractivity contribution in [3.8, 4) is 11.5 Å². The molecule has 1 aromatic heterocycles. The summed E-state index contributed by atoms with van der Waals surface area (Å²) in [6, 6.07) is 8.86. The van der Waals surface area contributed by atoms with Gasteiger partial charge in [-0.25, -0.2) is 8.78 Å². The second kappa shape index (κ2) is 4.73. The minimum absolute atomic E-state index is 0.255. The third-order valence-electron chi connectivity index (χ3n) is 2.78. The van der Waals surface area contributed by atoms with Crippen LogP contribution in [0.15, 0.2) is 42.6 Å². The minimum Gasteiger partial charge on any atom is -0.452 e. The van der Waals surface area contributed by atoms with E-state index in [1.54, 1.807) is 24.3 Å². The van der Waals surface area contributed by atoms with Crippen LogP contribution in [0.1, 0.15) is 0 Å². The van der Waals surface area contributed by atoms with Crippen molar-refractivity contribution in [2.24, 2.45) is 0 Å². The maximum absolute atomic E-state index is 13.7. The summed E-state index contributed by atoms with van der Waals surface area (Å²) < 4.78 is 32.5. The highest BCUT2D eigenvalue weighted by atomic mass is 19.1. The molecule has 0 unspecified atom stereocenters. The lowest BCUT2D eigenvalue weighted by molar-refractivity contribution is 0.439. The molecule has 0 aliphatic carbocycles. The summed E-state index contributed by atoms with van der Waals surface area (Å²) in [5.74, 6) is -1.45. The summed E-state index contributed by atoms with van der Waals surface area (Å²) >= 11 is 0. The zero-order valence-corrected chi connectivity index (χ0v) is 10.2. The molecular formula is C14H9F2N3O. The van der Waals surface area contributed by atoms with Crippen LogP contribution in [0.5, 0.6) is 11.5 Å². The highest BCUT2D eigenvalue weighted by Gasteiger charge is 2.12. The summed E-state index contributed by atoms with van der Waals surface area (Å²) in [4.78, 5) is 0. The predicted octanol–water partition coefficient (Wildman–Crippen LogP) is 3.28. The normalized spacial score (nSPS) is 10.7. The van der Waals surface area contributed by atoms with Gasteiger partial charge in [-0.05, 0) is 12.1 Å². The Morgan fingerprint density at radius 1 is 1.00 bits per heavy atom. The van der Waals surface area contributed by atoms with Gasteiger partial charge in [0.25, 0.3) is 0 Å². The molecule has 0 spiro atoms. The van der Waals surface area contributed by atoms with Crippen LogP contribution in [0.2, 0.25) is 0 Å². The largest absolute Gasteiger partial charge is 0.452 e. The lowest BCUT2D eigenvalue weighted by Crippen LogP contribution is -1.96. The molecule has 4 nitrogen and oxygen atoms in total. The molecule has 0 saturated carbocycles. The number of hydrogen-bond acceptors (Lipinski definition) is 4. The van der Waals surface area contributed by atoms with Crippen LogP contribution in [0.3, 0.4) is 0 Å². The number of nitrogen functional groups attached to an aromatic ring is 1. The molecule has 0 fully saturated rings. The number of nitrogens with zero attached hydrogens (tertiary/aromatic N) is 2. The standard InChI is InChI=1S/C14H9F2N3O/c15-9-6-13(10(16)5-11(9)17)20-14-7-18-19-12-4-2-1-3-8(12)14/h1-7H,17H2. The van der Waals surface area contributed by atoms with Crippen molar-refractivity contribution in [2.45, 2.75) is 0 Å². The van der Waals surface area contributed by atoms with E-state index < -0.39 is 11.6 Å². The van der Waals surface area contributed by atoms with E-state index in [1.807, 2.05) is 0 Å². The molecule has 3 rings (SSSR count). The molecular weight excluding hydrogens is 264 g/mol. The predicted molar refractivity (Wildman–Crippen MR) is 70.4 cm³/mol. The van der Waals surface area contributed by atoms with Crippen molar-refractivity contribution < 1.29 is 13.5 Å². The molecule has 1 heterocycles. The molecule has 0 saturated heterocycles. The topological polar surface area (TPSA) is 61.0 Å². The van der Waals surface area contributed by atoms with Gasteiger partial charge in [-0.2, -0.15) is 10.2 Å². The van der Waals surface area contributed by atoms with E-state index in [4.69, 9.17) is 10.5 Å². The van der Waals surface area contributed by atoms with Crippen LogP contribution in [-0.2, 0) is 0 Å². The Kier molecular flexibility index (Phi) is 2.90. The number of ether oxygens (including phenoxy) is 1. The highest BCUT2D eigenvalue weighted by molar-refractivity contribution is 5.84. The van der Waals surface area contributed by atoms with Crippen LogP contribution in [-0.4, -0.2) is 10.2 Å². The minimum atomic E-state index is -0.746. The van der Waals surface area contributed by atoms with Gasteiger partial charge in [0.15, 0.2) is 17.3 Å². The number of hydrogen-bond donors (Lipinski definition) is 1. The van der Waals surface area contributed by atoms with E-state index >= 15 is 0 Å². The molecule has 0 amide bonds. The average molecular weight is 273 g/mol. The van der Waals surface area contributed by atoms with Gasteiger partial charge in [0.2, 0.25) is 0 Å². The first kappa shape index (κ1) is 12.3. The maximum Gasteiger partial charge on any atom is 0.167 e. The summed E-state index contributed by atoms with van der Waals surface area (Å²) in [5, 5.41) is 8.33. The number of rotatable bonds is 2. The molecule has 6 heteroatoms. The lowest BCUT2D eigenvalue weighted by atomic mass is 10.2. The number of benzene rings is 2. The van der Waals surface area contributed by atoms with Crippen LogP contribution in [0.25, 0.3) is 10.9 Å². The Balaban J connectivity index is 2.08. The fourth-order valence-corrected chi connectivity index (χ4v) is 1.80. The van der Waals surface area contributed by atoms with Crippen molar-refractivity contribution >= 4 is 16.6 Å². The fourth-order valence-electron chi connectivity index (χ4n) is 1.80. The van der Waals surface area contributed by atoms with Gasteiger partial charge in [-0.1, -0.05) is 12.1 Å². The highest BCUT2D eigenvalue weighted by Crippen LogP contribution is 2.31. The SMILES string of the molecule is Nc1cc(F)c(Oc2cnnc3ccccc23)cc1F. The van der Waals surface area contributed by atoms with Crippen LogP contribution < -0.4 is 10.5 Å². The Morgan fingerprint density at radius 3 is 2.65 bits per heavy atom. The van der Waals surface area contributed by atoms with E-state index in [-0.39, 0.29) is 11.4 Å². The molecule has 0 atom stereocenters. The quantitative estimate of drug-likeness (QED) is 0.728. The van der Waals surface area contributed by atoms with Crippen LogP contribution in [0.4, 0.5) is 14.5 Å². The number of fused-ring (bicyclic) bond motifs is 1. The summed E-state index contributed by atoms with van der Waals surface area (Å²) in [5.41, 5.74) is 5.61. The molecule has 2 aromatic carbocycles.